The Balaban J connectivity index is 0.000000172. The zero-order valence-electron chi connectivity index (χ0n) is 32.0. The van der Waals surface area contributed by atoms with E-state index in [0.29, 0.717) is 60.0 Å². The van der Waals surface area contributed by atoms with Crippen LogP contribution in [0.2, 0.25) is 0 Å². The topological polar surface area (TPSA) is 205 Å². The average Bonchev–Trinajstić information content (AvgIpc) is 3.97. The maximum absolute atomic E-state index is 12.5. The predicted octanol–water partition coefficient (Wildman–Crippen LogP) is 4.66. The van der Waals surface area contributed by atoms with Gasteiger partial charge in [-0.15, -0.1) is 0 Å². The summed E-state index contributed by atoms with van der Waals surface area (Å²) in [5.74, 6) is 1.20. The van der Waals surface area contributed by atoms with Crippen LogP contribution in [0.1, 0.15) is 87.0 Å². The van der Waals surface area contributed by atoms with Crippen molar-refractivity contribution < 1.29 is 29.3 Å². The molecule has 0 aliphatic carbocycles. The number of β-amino-alcohol motifs (C(OH)–C–C–N with tert-alkyl or cyclic N) is 2. The number of unbranched alkanes of at least 4 members (excludes halogenated alkanes) is 6. The number of hydrogen-bond acceptors (Lipinski definition) is 12. The van der Waals surface area contributed by atoms with Crippen LogP contribution in [0.5, 0.6) is 0 Å². The number of likely N-dealkylation sites (tertiary alicyclic amines) is 2. The summed E-state index contributed by atoms with van der Waals surface area (Å²) in [6.45, 7) is 4.35. The molecule has 0 radical (unpaired) electrons. The highest BCUT2D eigenvalue weighted by atomic mass is 16.3. The molecule has 2 aromatic carbocycles. The number of H-pyrrole nitrogens is 2. The van der Waals surface area contributed by atoms with Gasteiger partial charge in [0.2, 0.25) is 11.2 Å². The Morgan fingerprint density at radius 1 is 0.625 bits per heavy atom. The number of aliphatic hydroxyl groups is 4. The largest absolute Gasteiger partial charge is 0.449 e. The highest BCUT2D eigenvalue weighted by Gasteiger charge is 2.23. The van der Waals surface area contributed by atoms with Crippen LogP contribution in [-0.4, -0.2) is 102 Å². The fourth-order valence-corrected chi connectivity index (χ4v) is 7.88. The van der Waals surface area contributed by atoms with Gasteiger partial charge in [-0.2, -0.15) is 0 Å². The summed E-state index contributed by atoms with van der Waals surface area (Å²) in [7, 11) is 0. The highest BCUT2D eigenvalue weighted by Crippen LogP contribution is 2.29. The van der Waals surface area contributed by atoms with Crippen molar-refractivity contribution in [3.8, 4) is 0 Å². The van der Waals surface area contributed by atoms with Crippen LogP contribution in [0.3, 0.4) is 0 Å². The lowest BCUT2D eigenvalue weighted by Crippen LogP contribution is -2.24. The normalized spacial score (nSPS) is 17.9. The van der Waals surface area contributed by atoms with Crippen molar-refractivity contribution >= 4 is 44.1 Å². The monoisotopic (exact) mass is 770 g/mol. The van der Waals surface area contributed by atoms with E-state index in [1.54, 1.807) is 0 Å². The molecule has 2 saturated heterocycles. The number of rotatable bonds is 16. The lowest BCUT2D eigenvalue weighted by atomic mass is 10.0. The van der Waals surface area contributed by atoms with Crippen molar-refractivity contribution in [2.24, 2.45) is 0 Å². The van der Waals surface area contributed by atoms with Gasteiger partial charge >= 0.3 is 0 Å². The quantitative estimate of drug-likeness (QED) is 0.0744. The molecule has 8 rings (SSSR count). The van der Waals surface area contributed by atoms with Gasteiger partial charge in [-0.1, -0.05) is 37.8 Å². The van der Waals surface area contributed by atoms with E-state index in [2.05, 4.69) is 41.9 Å². The van der Waals surface area contributed by atoms with Crippen LogP contribution >= 0.6 is 0 Å². The standard InChI is InChI=1S/2C21H27N3O4/c2*25-10-4-2-1-3-5-14-6-7-17-16(11-14)19-20(28-17)21(27)23-18(22-19)13-24-9-8-15(26)12-24/h2*6-7,11,15,25-26H,1-5,8-10,12-13H2,(H,22,23,27)/t2*15-/m00/s1. The average molecular weight is 771 g/mol. The molecule has 300 valence electrons. The molecule has 0 amide bonds. The molecule has 14 heteroatoms. The van der Waals surface area contributed by atoms with Gasteiger partial charge in [0, 0.05) is 50.2 Å². The predicted molar refractivity (Wildman–Crippen MR) is 215 cm³/mol. The lowest BCUT2D eigenvalue weighted by Gasteiger charge is -2.13. The van der Waals surface area contributed by atoms with E-state index in [1.165, 1.54) is 11.1 Å². The van der Waals surface area contributed by atoms with Crippen molar-refractivity contribution in [2.75, 3.05) is 39.4 Å². The van der Waals surface area contributed by atoms with Crippen LogP contribution in [0.15, 0.2) is 54.8 Å². The minimum absolute atomic E-state index is 0.256. The molecule has 0 unspecified atom stereocenters. The third-order valence-corrected chi connectivity index (χ3v) is 10.9. The number of aliphatic hydroxyl groups excluding tert-OH is 4. The molecule has 0 spiro atoms. The molecule has 0 bridgehead atoms. The van der Waals surface area contributed by atoms with E-state index in [4.69, 9.17) is 19.0 Å². The first-order valence-corrected chi connectivity index (χ1v) is 20.2. The van der Waals surface area contributed by atoms with E-state index < -0.39 is 0 Å². The summed E-state index contributed by atoms with van der Waals surface area (Å²) in [5.41, 5.74) is 4.96. The van der Waals surface area contributed by atoms with Crippen molar-refractivity contribution in [3.63, 3.8) is 0 Å². The second-order valence-corrected chi connectivity index (χ2v) is 15.4. The Kier molecular flexibility index (Phi) is 13.3. The summed E-state index contributed by atoms with van der Waals surface area (Å²) in [5, 5.41) is 38.9. The van der Waals surface area contributed by atoms with Gasteiger partial charge < -0.3 is 39.2 Å². The molecule has 6 aromatic rings. The van der Waals surface area contributed by atoms with Gasteiger partial charge in [0.15, 0.2) is 0 Å². The third-order valence-electron chi connectivity index (χ3n) is 10.9. The van der Waals surface area contributed by atoms with Gasteiger partial charge in [0.1, 0.15) is 33.8 Å². The zero-order chi connectivity index (χ0) is 39.0. The highest BCUT2D eigenvalue weighted by molar-refractivity contribution is 6.03. The van der Waals surface area contributed by atoms with E-state index in [9.17, 15) is 19.8 Å². The maximum Gasteiger partial charge on any atom is 0.294 e. The first kappa shape index (κ1) is 39.8. The Morgan fingerprint density at radius 3 is 1.45 bits per heavy atom. The number of benzene rings is 2. The van der Waals surface area contributed by atoms with Crippen molar-refractivity contribution in [1.29, 1.82) is 0 Å². The third kappa shape index (κ3) is 9.74. The number of hydrogen-bond donors (Lipinski definition) is 6. The fourth-order valence-electron chi connectivity index (χ4n) is 7.88. The Labute approximate surface area is 324 Å². The van der Waals surface area contributed by atoms with Crippen LogP contribution in [-0.2, 0) is 25.9 Å². The van der Waals surface area contributed by atoms with Crippen molar-refractivity contribution in [1.82, 2.24) is 29.7 Å². The molecular formula is C42H54N6O8. The van der Waals surface area contributed by atoms with Crippen LogP contribution in [0.25, 0.3) is 44.1 Å². The molecule has 4 aromatic heterocycles. The van der Waals surface area contributed by atoms with E-state index >= 15 is 0 Å². The SMILES string of the molecule is O=c1[nH]c(CN2CC[C@H](O)C2)nc2c1oc1ccc(CCCCCCO)cc12.O=c1[nH]c(CN2CC[C@H](O)C2)nc2c1oc1ccc(CCCCCCO)cc12. The maximum atomic E-state index is 12.5. The summed E-state index contributed by atoms with van der Waals surface area (Å²) >= 11 is 0. The first-order chi connectivity index (χ1) is 27.3. The lowest BCUT2D eigenvalue weighted by molar-refractivity contribution is 0.173. The molecule has 56 heavy (non-hydrogen) atoms. The Bertz CT molecular complexity index is 2180. The summed E-state index contributed by atoms with van der Waals surface area (Å²) in [6, 6.07) is 12.0. The Morgan fingerprint density at radius 2 is 1.05 bits per heavy atom. The van der Waals surface area contributed by atoms with Crippen LogP contribution in [0, 0.1) is 0 Å². The van der Waals surface area contributed by atoms with Gasteiger partial charge in [0.05, 0.1) is 25.3 Å². The molecule has 2 aliphatic rings. The molecule has 14 nitrogen and oxygen atoms in total. The molecular weight excluding hydrogens is 716 g/mol. The van der Waals surface area contributed by atoms with Crippen molar-refractivity contribution in [3.05, 3.63) is 79.9 Å². The van der Waals surface area contributed by atoms with Crippen LogP contribution < -0.4 is 11.1 Å². The zero-order valence-corrected chi connectivity index (χ0v) is 32.0. The Hall–Kier alpha value is -4.44. The van der Waals surface area contributed by atoms with Gasteiger partial charge in [-0.25, -0.2) is 9.97 Å². The number of nitrogens with zero attached hydrogens (tertiary/aromatic N) is 4. The van der Waals surface area contributed by atoms with E-state index in [0.717, 1.165) is 101 Å². The number of aromatic nitrogens is 4. The summed E-state index contributed by atoms with van der Waals surface area (Å²) in [6.07, 6.45) is 10.9. The van der Waals surface area contributed by atoms with Gasteiger partial charge in [-0.3, -0.25) is 19.4 Å². The molecule has 2 atom stereocenters. The molecule has 0 saturated carbocycles. The van der Waals surface area contributed by atoms with E-state index in [1.807, 2.05) is 24.3 Å². The second-order valence-electron chi connectivity index (χ2n) is 15.4. The van der Waals surface area contributed by atoms with Crippen LogP contribution in [0.4, 0.5) is 0 Å². The van der Waals surface area contributed by atoms with E-state index in [-0.39, 0.29) is 47.7 Å². The van der Waals surface area contributed by atoms with Crippen molar-refractivity contribution in [2.45, 2.75) is 102 Å². The number of aromatic amines is 2. The number of aryl methyl sites for hydroxylation is 2. The molecule has 2 aliphatic heterocycles. The minimum atomic E-state index is -0.301. The molecule has 6 N–H and O–H groups in total. The van der Waals surface area contributed by atoms with Gasteiger partial charge in [-0.05, 0) is 86.8 Å². The minimum Gasteiger partial charge on any atom is -0.449 e. The molecule has 2 fully saturated rings. The smallest absolute Gasteiger partial charge is 0.294 e. The summed E-state index contributed by atoms with van der Waals surface area (Å²) in [4.78, 5) is 44.1. The molecule has 6 heterocycles. The number of nitrogens with one attached hydrogen (secondary N) is 2. The summed E-state index contributed by atoms with van der Waals surface area (Å²) < 4.78 is 11.5. The number of furan rings is 2. The number of fused-ring (bicyclic) bond motifs is 6. The second kappa shape index (κ2) is 18.7. The first-order valence-electron chi connectivity index (χ1n) is 20.2. The van der Waals surface area contributed by atoms with Gasteiger partial charge in [0.25, 0.3) is 11.1 Å². The fraction of sp³-hybridized carbons (Fsp3) is 0.524.